The molecule has 0 fully saturated rings. The van der Waals surface area contributed by atoms with E-state index in [-0.39, 0.29) is 29.3 Å². The molecule has 0 heterocycles. The van der Waals surface area contributed by atoms with Gasteiger partial charge in [-0.1, -0.05) is 39.0 Å². The van der Waals surface area contributed by atoms with E-state index < -0.39 is 0 Å². The number of benzene rings is 2. The van der Waals surface area contributed by atoms with Crippen LogP contribution < -0.4 is 5.32 Å². The second kappa shape index (κ2) is 6.33. The van der Waals surface area contributed by atoms with E-state index in [1.807, 2.05) is 12.1 Å². The number of aromatic hydroxyl groups is 2. The van der Waals surface area contributed by atoms with Crippen molar-refractivity contribution < 1.29 is 10.2 Å². The molecule has 0 bridgehead atoms. The van der Waals surface area contributed by atoms with Crippen molar-refractivity contribution in [3.05, 3.63) is 35.9 Å². The number of phenolic OH excluding ortho intramolecular Hbond substituents is 2. The summed E-state index contributed by atoms with van der Waals surface area (Å²) >= 11 is 0. The third-order valence-corrected chi connectivity index (χ3v) is 3.52. The average Bonchev–Trinajstić information content (AvgIpc) is 2.37. The lowest BCUT2D eigenvalue weighted by Gasteiger charge is -2.27. The lowest BCUT2D eigenvalue weighted by Crippen LogP contribution is -2.32. The predicted molar refractivity (Wildman–Crippen MR) is 86.1 cm³/mol. The number of hydrogen-bond donors (Lipinski definition) is 3. The van der Waals surface area contributed by atoms with Crippen molar-refractivity contribution in [1.82, 2.24) is 5.32 Å². The molecular formula is C16H22ClNO2. The van der Waals surface area contributed by atoms with Gasteiger partial charge < -0.3 is 15.5 Å². The quantitative estimate of drug-likeness (QED) is 0.756. The molecule has 0 spiro atoms. The Morgan fingerprint density at radius 1 is 1.10 bits per heavy atom. The highest BCUT2D eigenvalue weighted by molar-refractivity contribution is 5.89. The van der Waals surface area contributed by atoms with Crippen LogP contribution in [0.4, 0.5) is 0 Å². The SMILES string of the molecule is CCNCC(C)(C)c1cccc2cc(O)c(O)cc12.Cl. The van der Waals surface area contributed by atoms with Crippen molar-refractivity contribution in [2.24, 2.45) is 0 Å². The predicted octanol–water partition coefficient (Wildman–Crippen LogP) is 3.56. The van der Waals surface area contributed by atoms with Crippen molar-refractivity contribution in [2.45, 2.75) is 26.2 Å². The Balaban J connectivity index is 0.00000200. The van der Waals surface area contributed by atoms with Crippen molar-refractivity contribution in [1.29, 1.82) is 0 Å². The standard InChI is InChI=1S/C16H21NO2.ClH/c1-4-17-10-16(2,3)13-7-5-6-11-8-14(18)15(19)9-12(11)13;/h5-9,17-19H,4,10H2,1-3H3;1H. The summed E-state index contributed by atoms with van der Waals surface area (Å²) < 4.78 is 0. The smallest absolute Gasteiger partial charge is 0.158 e. The molecule has 0 aliphatic heterocycles. The van der Waals surface area contributed by atoms with E-state index in [2.05, 4.69) is 32.2 Å². The Bertz CT molecular complexity index is 596. The van der Waals surface area contributed by atoms with Crippen LogP contribution in [0.5, 0.6) is 11.5 Å². The molecule has 0 saturated carbocycles. The molecular weight excluding hydrogens is 274 g/mol. The van der Waals surface area contributed by atoms with Gasteiger partial charge in [0.05, 0.1) is 0 Å². The fraction of sp³-hybridized carbons (Fsp3) is 0.375. The van der Waals surface area contributed by atoms with Crippen LogP contribution in [-0.2, 0) is 5.41 Å². The first-order chi connectivity index (χ1) is 8.95. The molecule has 0 aliphatic rings. The van der Waals surface area contributed by atoms with Crippen LogP contribution in [-0.4, -0.2) is 23.3 Å². The van der Waals surface area contributed by atoms with E-state index in [9.17, 15) is 10.2 Å². The molecule has 2 aromatic rings. The maximum atomic E-state index is 9.72. The number of nitrogens with one attached hydrogen (secondary N) is 1. The summed E-state index contributed by atoms with van der Waals surface area (Å²) in [7, 11) is 0. The van der Waals surface area contributed by atoms with Crippen LogP contribution in [0.1, 0.15) is 26.3 Å². The van der Waals surface area contributed by atoms with Gasteiger partial charge in [-0.05, 0) is 35.0 Å². The number of halogens is 1. The highest BCUT2D eigenvalue weighted by atomic mass is 35.5. The minimum Gasteiger partial charge on any atom is -0.504 e. The fourth-order valence-electron chi connectivity index (χ4n) is 2.42. The summed E-state index contributed by atoms with van der Waals surface area (Å²) in [4.78, 5) is 0. The van der Waals surface area contributed by atoms with Gasteiger partial charge in [0, 0.05) is 12.0 Å². The van der Waals surface area contributed by atoms with Gasteiger partial charge in [-0.15, -0.1) is 12.4 Å². The fourth-order valence-corrected chi connectivity index (χ4v) is 2.42. The Labute approximate surface area is 126 Å². The molecule has 3 N–H and O–H groups in total. The van der Waals surface area contributed by atoms with Crippen LogP contribution in [0.15, 0.2) is 30.3 Å². The van der Waals surface area contributed by atoms with E-state index in [4.69, 9.17) is 0 Å². The van der Waals surface area contributed by atoms with Gasteiger partial charge in [0.2, 0.25) is 0 Å². The van der Waals surface area contributed by atoms with Crippen LogP contribution in [0.2, 0.25) is 0 Å². The molecule has 0 saturated heterocycles. The van der Waals surface area contributed by atoms with E-state index in [1.54, 1.807) is 12.1 Å². The maximum absolute atomic E-state index is 9.72. The summed E-state index contributed by atoms with van der Waals surface area (Å²) in [6, 6.07) is 9.27. The lowest BCUT2D eigenvalue weighted by atomic mass is 9.81. The zero-order valence-electron chi connectivity index (χ0n) is 12.1. The van der Waals surface area contributed by atoms with Gasteiger partial charge in [-0.3, -0.25) is 0 Å². The average molecular weight is 296 g/mol. The molecule has 0 atom stereocenters. The van der Waals surface area contributed by atoms with Gasteiger partial charge in [0.1, 0.15) is 0 Å². The number of likely N-dealkylation sites (N-methyl/N-ethyl adjacent to an activating group) is 1. The zero-order valence-corrected chi connectivity index (χ0v) is 12.9. The Kier molecular flexibility index (Phi) is 5.26. The van der Waals surface area contributed by atoms with E-state index >= 15 is 0 Å². The minimum absolute atomic E-state index is 0. The molecule has 4 heteroatoms. The largest absolute Gasteiger partial charge is 0.504 e. The van der Waals surface area contributed by atoms with Gasteiger partial charge >= 0.3 is 0 Å². The number of phenols is 2. The van der Waals surface area contributed by atoms with Crippen molar-refractivity contribution in [3.8, 4) is 11.5 Å². The summed E-state index contributed by atoms with van der Waals surface area (Å²) in [6.07, 6.45) is 0. The third-order valence-electron chi connectivity index (χ3n) is 3.52. The monoisotopic (exact) mass is 295 g/mol. The van der Waals surface area contributed by atoms with Crippen molar-refractivity contribution >= 4 is 23.2 Å². The first-order valence-corrected chi connectivity index (χ1v) is 6.61. The van der Waals surface area contributed by atoms with E-state index in [0.717, 1.165) is 23.9 Å². The normalized spacial score (nSPS) is 11.3. The first kappa shape index (κ1) is 16.6. The molecule has 3 nitrogen and oxygen atoms in total. The van der Waals surface area contributed by atoms with Gasteiger partial charge in [0.25, 0.3) is 0 Å². The molecule has 0 aliphatic carbocycles. The molecule has 2 rings (SSSR count). The Morgan fingerprint density at radius 2 is 1.75 bits per heavy atom. The maximum Gasteiger partial charge on any atom is 0.158 e. The zero-order chi connectivity index (χ0) is 14.0. The lowest BCUT2D eigenvalue weighted by molar-refractivity contribution is 0.404. The first-order valence-electron chi connectivity index (χ1n) is 6.61. The van der Waals surface area contributed by atoms with Crippen LogP contribution >= 0.6 is 12.4 Å². The Hall–Kier alpha value is -1.45. The summed E-state index contributed by atoms with van der Waals surface area (Å²) in [6.45, 7) is 8.23. The van der Waals surface area contributed by atoms with Gasteiger partial charge in [0.15, 0.2) is 11.5 Å². The van der Waals surface area contributed by atoms with Crippen LogP contribution in [0.25, 0.3) is 10.8 Å². The molecule has 110 valence electrons. The topological polar surface area (TPSA) is 52.5 Å². The second-order valence-corrected chi connectivity index (χ2v) is 5.53. The highest BCUT2D eigenvalue weighted by Crippen LogP contribution is 2.36. The van der Waals surface area contributed by atoms with Gasteiger partial charge in [-0.2, -0.15) is 0 Å². The number of rotatable bonds is 4. The minimum atomic E-state index is -0.0749. The molecule has 0 unspecified atom stereocenters. The molecule has 0 aromatic heterocycles. The Morgan fingerprint density at radius 3 is 2.40 bits per heavy atom. The van der Waals surface area contributed by atoms with Crippen molar-refractivity contribution in [3.63, 3.8) is 0 Å². The molecule has 0 radical (unpaired) electrons. The van der Waals surface area contributed by atoms with Crippen LogP contribution in [0, 0.1) is 0 Å². The highest BCUT2D eigenvalue weighted by Gasteiger charge is 2.22. The third kappa shape index (κ3) is 3.17. The summed E-state index contributed by atoms with van der Waals surface area (Å²) in [5, 5.41) is 24.6. The van der Waals surface area contributed by atoms with E-state index in [1.165, 1.54) is 5.56 Å². The summed E-state index contributed by atoms with van der Waals surface area (Å²) in [5.41, 5.74) is 1.13. The number of hydrogen-bond acceptors (Lipinski definition) is 3. The van der Waals surface area contributed by atoms with Crippen molar-refractivity contribution in [2.75, 3.05) is 13.1 Å². The molecule has 0 amide bonds. The number of fused-ring (bicyclic) bond motifs is 1. The summed E-state index contributed by atoms with van der Waals surface area (Å²) in [5.74, 6) is -0.145. The second-order valence-electron chi connectivity index (χ2n) is 5.53. The van der Waals surface area contributed by atoms with Gasteiger partial charge in [-0.25, -0.2) is 0 Å². The molecule has 2 aromatic carbocycles. The van der Waals surface area contributed by atoms with Crippen LogP contribution in [0.3, 0.4) is 0 Å². The molecule has 20 heavy (non-hydrogen) atoms. The van der Waals surface area contributed by atoms with E-state index in [0.29, 0.717) is 0 Å².